The second-order valence-electron chi connectivity index (χ2n) is 5.92. The lowest BCUT2D eigenvalue weighted by atomic mass is 10.1. The number of cyclic esters (lactones) is 1. The van der Waals surface area contributed by atoms with Crippen LogP contribution in [-0.2, 0) is 4.74 Å². The number of nitrogens with two attached hydrogens (primary N) is 1. The summed E-state index contributed by atoms with van der Waals surface area (Å²) in [4.78, 5) is 15.9. The van der Waals surface area contributed by atoms with E-state index in [1.54, 1.807) is 4.90 Å². The number of nitrogens with zero attached hydrogens (tertiary/aromatic N) is 2. The van der Waals surface area contributed by atoms with Crippen LogP contribution in [-0.4, -0.2) is 62.5 Å². The molecule has 2 fully saturated rings. The van der Waals surface area contributed by atoms with Gasteiger partial charge in [0, 0.05) is 31.7 Å². The van der Waals surface area contributed by atoms with Crippen LogP contribution in [0.15, 0.2) is 18.2 Å². The van der Waals surface area contributed by atoms with Gasteiger partial charge in [0.2, 0.25) is 0 Å². The molecule has 3 aliphatic rings. The van der Waals surface area contributed by atoms with E-state index in [2.05, 4.69) is 4.90 Å². The van der Waals surface area contributed by atoms with Crippen molar-refractivity contribution in [1.82, 2.24) is 4.90 Å². The minimum absolute atomic E-state index is 0.117. The van der Waals surface area contributed by atoms with Gasteiger partial charge < -0.3 is 19.9 Å². The Morgan fingerprint density at radius 3 is 2.68 bits per heavy atom. The molecule has 4 rings (SSSR count). The lowest BCUT2D eigenvalue weighted by molar-refractivity contribution is 0.0723. The molecule has 1 atom stereocenters. The standard InChI is InChI=1S/C15H19N3O4/c16-10-6-17(7-10)8-12-9-18(15(19)22-12)11-1-2-13-14(5-11)21-4-3-20-13/h1-2,5,10,12H,3-4,6-9,16H2. The van der Waals surface area contributed by atoms with Crippen molar-refractivity contribution in [2.75, 3.05) is 44.3 Å². The fraction of sp³-hybridized carbons (Fsp3) is 0.533. The van der Waals surface area contributed by atoms with Crippen LogP contribution in [0.2, 0.25) is 0 Å². The molecule has 118 valence electrons. The normalized spacial score (nSPS) is 25.0. The Labute approximate surface area is 128 Å². The zero-order valence-corrected chi connectivity index (χ0v) is 12.2. The van der Waals surface area contributed by atoms with E-state index in [1.165, 1.54) is 0 Å². The minimum Gasteiger partial charge on any atom is -0.486 e. The van der Waals surface area contributed by atoms with Crippen LogP contribution in [0.3, 0.4) is 0 Å². The first-order chi connectivity index (χ1) is 10.7. The molecule has 0 saturated carbocycles. The third-order valence-corrected chi connectivity index (χ3v) is 4.16. The summed E-state index contributed by atoms with van der Waals surface area (Å²) in [6, 6.07) is 5.78. The van der Waals surface area contributed by atoms with E-state index in [-0.39, 0.29) is 18.2 Å². The summed E-state index contributed by atoms with van der Waals surface area (Å²) in [7, 11) is 0. The summed E-state index contributed by atoms with van der Waals surface area (Å²) in [6.07, 6.45) is -0.431. The molecule has 7 nitrogen and oxygen atoms in total. The average Bonchev–Trinajstić information content (AvgIpc) is 2.86. The van der Waals surface area contributed by atoms with E-state index in [0.717, 1.165) is 25.3 Å². The van der Waals surface area contributed by atoms with Crippen LogP contribution in [0, 0.1) is 0 Å². The Morgan fingerprint density at radius 1 is 1.14 bits per heavy atom. The Morgan fingerprint density at radius 2 is 1.91 bits per heavy atom. The summed E-state index contributed by atoms with van der Waals surface area (Å²) in [5, 5.41) is 0. The Balaban J connectivity index is 1.45. The van der Waals surface area contributed by atoms with Gasteiger partial charge in [-0.25, -0.2) is 4.79 Å². The van der Waals surface area contributed by atoms with Gasteiger partial charge in [-0.2, -0.15) is 0 Å². The van der Waals surface area contributed by atoms with E-state index in [4.69, 9.17) is 19.9 Å². The van der Waals surface area contributed by atoms with Crippen LogP contribution in [0.4, 0.5) is 10.5 Å². The van der Waals surface area contributed by atoms with Crippen molar-refractivity contribution in [1.29, 1.82) is 0 Å². The minimum atomic E-state index is -0.313. The third kappa shape index (κ3) is 2.46. The maximum absolute atomic E-state index is 12.1. The molecule has 2 saturated heterocycles. The van der Waals surface area contributed by atoms with E-state index in [0.29, 0.717) is 31.3 Å². The summed E-state index contributed by atoms with van der Waals surface area (Å²) in [6.45, 7) is 4.11. The lowest BCUT2D eigenvalue weighted by Gasteiger charge is -2.37. The number of hydrogen-bond acceptors (Lipinski definition) is 6. The number of carbonyl (C=O) groups is 1. The van der Waals surface area contributed by atoms with Crippen LogP contribution in [0.25, 0.3) is 0 Å². The van der Waals surface area contributed by atoms with Crippen molar-refractivity contribution < 1.29 is 19.0 Å². The van der Waals surface area contributed by atoms with Gasteiger partial charge in [-0.3, -0.25) is 9.80 Å². The molecule has 2 N–H and O–H groups in total. The molecule has 0 spiro atoms. The Hall–Kier alpha value is -1.99. The topological polar surface area (TPSA) is 77.3 Å². The molecule has 22 heavy (non-hydrogen) atoms. The Bertz CT molecular complexity index is 588. The molecule has 1 amide bonds. The fourth-order valence-corrected chi connectivity index (χ4v) is 3.07. The zero-order valence-electron chi connectivity index (χ0n) is 12.2. The third-order valence-electron chi connectivity index (χ3n) is 4.16. The largest absolute Gasteiger partial charge is 0.486 e. The highest BCUT2D eigenvalue weighted by molar-refractivity contribution is 5.90. The maximum Gasteiger partial charge on any atom is 0.414 e. The molecule has 0 aromatic heterocycles. The molecule has 7 heteroatoms. The molecular formula is C15H19N3O4. The number of rotatable bonds is 3. The zero-order chi connectivity index (χ0) is 15.1. The SMILES string of the molecule is NC1CN(CC2CN(c3ccc4c(c3)OCCO4)C(=O)O2)C1. The summed E-state index contributed by atoms with van der Waals surface area (Å²) in [5.41, 5.74) is 6.54. The van der Waals surface area contributed by atoms with Gasteiger partial charge in [0.05, 0.1) is 12.2 Å². The van der Waals surface area contributed by atoms with Gasteiger partial charge >= 0.3 is 6.09 Å². The van der Waals surface area contributed by atoms with Crippen molar-refractivity contribution in [2.24, 2.45) is 5.73 Å². The molecule has 0 aliphatic carbocycles. The molecule has 3 heterocycles. The van der Waals surface area contributed by atoms with Crippen molar-refractivity contribution in [3.05, 3.63) is 18.2 Å². The van der Waals surface area contributed by atoms with Gasteiger partial charge in [0.1, 0.15) is 19.3 Å². The summed E-state index contributed by atoms with van der Waals surface area (Å²) >= 11 is 0. The predicted molar refractivity (Wildman–Crippen MR) is 79.5 cm³/mol. The smallest absolute Gasteiger partial charge is 0.414 e. The molecule has 1 aromatic carbocycles. The van der Waals surface area contributed by atoms with Gasteiger partial charge in [0.25, 0.3) is 0 Å². The fourth-order valence-electron chi connectivity index (χ4n) is 3.07. The second-order valence-corrected chi connectivity index (χ2v) is 5.92. The first-order valence-corrected chi connectivity index (χ1v) is 7.55. The van der Waals surface area contributed by atoms with E-state index in [1.807, 2.05) is 18.2 Å². The first-order valence-electron chi connectivity index (χ1n) is 7.55. The highest BCUT2D eigenvalue weighted by Gasteiger charge is 2.36. The Kier molecular flexibility index (Phi) is 3.31. The molecular weight excluding hydrogens is 286 g/mol. The predicted octanol–water partition coefficient (Wildman–Crippen LogP) is 0.426. The number of likely N-dealkylation sites (tertiary alicyclic amines) is 1. The first kappa shape index (κ1) is 13.7. The molecule has 3 aliphatic heterocycles. The van der Waals surface area contributed by atoms with Crippen molar-refractivity contribution in [3.8, 4) is 11.5 Å². The molecule has 1 unspecified atom stereocenters. The average molecular weight is 305 g/mol. The summed E-state index contributed by atoms with van der Waals surface area (Å²) in [5.74, 6) is 1.39. The highest BCUT2D eigenvalue weighted by Crippen LogP contribution is 2.35. The summed E-state index contributed by atoms with van der Waals surface area (Å²) < 4.78 is 16.5. The quantitative estimate of drug-likeness (QED) is 0.872. The van der Waals surface area contributed by atoms with Gasteiger partial charge in [-0.1, -0.05) is 0 Å². The maximum atomic E-state index is 12.1. The lowest BCUT2D eigenvalue weighted by Crippen LogP contribution is -2.57. The van der Waals surface area contributed by atoms with E-state index in [9.17, 15) is 4.79 Å². The number of benzene rings is 1. The van der Waals surface area contributed by atoms with Crippen LogP contribution >= 0.6 is 0 Å². The van der Waals surface area contributed by atoms with Crippen molar-refractivity contribution in [2.45, 2.75) is 12.1 Å². The van der Waals surface area contributed by atoms with Crippen LogP contribution in [0.5, 0.6) is 11.5 Å². The number of hydrogen-bond donors (Lipinski definition) is 1. The van der Waals surface area contributed by atoms with Gasteiger partial charge in [-0.05, 0) is 12.1 Å². The molecule has 0 bridgehead atoms. The van der Waals surface area contributed by atoms with E-state index >= 15 is 0 Å². The number of carbonyl (C=O) groups excluding carboxylic acids is 1. The van der Waals surface area contributed by atoms with Gasteiger partial charge in [0.15, 0.2) is 11.5 Å². The highest BCUT2D eigenvalue weighted by atomic mass is 16.6. The van der Waals surface area contributed by atoms with Crippen molar-refractivity contribution >= 4 is 11.8 Å². The monoisotopic (exact) mass is 305 g/mol. The van der Waals surface area contributed by atoms with Crippen molar-refractivity contribution in [3.63, 3.8) is 0 Å². The van der Waals surface area contributed by atoms with Crippen LogP contribution in [0.1, 0.15) is 0 Å². The molecule has 0 radical (unpaired) electrons. The number of anilines is 1. The molecule has 1 aromatic rings. The number of ether oxygens (including phenoxy) is 3. The number of amides is 1. The number of fused-ring (bicyclic) bond motifs is 1. The van der Waals surface area contributed by atoms with Gasteiger partial charge in [-0.15, -0.1) is 0 Å². The second kappa shape index (κ2) is 5.33. The van der Waals surface area contributed by atoms with E-state index < -0.39 is 0 Å². The van der Waals surface area contributed by atoms with Crippen LogP contribution < -0.4 is 20.1 Å².